The largest absolute Gasteiger partial charge is 0.457 e. The maximum Gasteiger partial charge on any atom is 0.264 e. The highest BCUT2D eigenvalue weighted by Crippen LogP contribution is 2.35. The first-order valence-corrected chi connectivity index (χ1v) is 16.8. The van der Waals surface area contributed by atoms with E-state index < -0.39 is 5.54 Å². The summed E-state index contributed by atoms with van der Waals surface area (Å²) in [6.45, 7) is 10.6. The Morgan fingerprint density at radius 2 is 1.77 bits per heavy atom. The SMILES string of the molecule is CC(C)(C=C(C#N)C(=O)N1CCC[C@@H](c2nc(-c3ccc(Oc4ccccc4)cc3)c3c(N)nccn23)C1)N1CCN(C2COC2)CC1. The Labute approximate surface area is 281 Å². The smallest absolute Gasteiger partial charge is 0.264 e. The normalized spacial score (nSPS) is 20.0. The van der Waals surface area contributed by atoms with Crippen LogP contribution in [0.4, 0.5) is 5.82 Å². The highest BCUT2D eigenvalue weighted by Gasteiger charge is 2.35. The fraction of sp³-hybridized carbons (Fsp3) is 0.405. The van der Waals surface area contributed by atoms with Crippen molar-refractivity contribution in [1.29, 1.82) is 5.26 Å². The number of nitrogens with two attached hydrogens (primary N) is 1. The first kappa shape index (κ1) is 31.8. The lowest BCUT2D eigenvalue weighted by Gasteiger charge is -2.46. The molecule has 248 valence electrons. The van der Waals surface area contributed by atoms with Crippen molar-refractivity contribution in [1.82, 2.24) is 29.1 Å². The summed E-state index contributed by atoms with van der Waals surface area (Å²) in [5.41, 5.74) is 8.55. The summed E-state index contributed by atoms with van der Waals surface area (Å²) in [6.07, 6.45) is 7.09. The molecule has 1 atom stereocenters. The fourth-order valence-electron chi connectivity index (χ4n) is 7.11. The molecule has 0 saturated carbocycles. The monoisotopic (exact) mass is 646 g/mol. The second-order valence-corrected chi connectivity index (χ2v) is 13.4. The van der Waals surface area contributed by atoms with Gasteiger partial charge in [-0.05, 0) is 69.2 Å². The van der Waals surface area contributed by atoms with Crippen LogP contribution in [0.25, 0.3) is 16.8 Å². The van der Waals surface area contributed by atoms with Crippen molar-refractivity contribution in [2.24, 2.45) is 0 Å². The number of para-hydroxylation sites is 1. The second-order valence-electron chi connectivity index (χ2n) is 13.4. The predicted octanol–water partition coefficient (Wildman–Crippen LogP) is 4.72. The van der Waals surface area contributed by atoms with E-state index in [9.17, 15) is 10.1 Å². The number of amides is 1. The van der Waals surface area contributed by atoms with E-state index in [1.54, 1.807) is 6.20 Å². The molecule has 0 unspecified atom stereocenters. The van der Waals surface area contributed by atoms with Gasteiger partial charge in [0.15, 0.2) is 0 Å². The number of imidazole rings is 1. The van der Waals surface area contributed by atoms with Crippen LogP contribution in [-0.2, 0) is 9.53 Å². The molecule has 2 aromatic carbocycles. The Hall–Kier alpha value is -4.76. The van der Waals surface area contributed by atoms with E-state index in [1.165, 1.54) is 0 Å². The molecule has 0 bridgehead atoms. The zero-order chi connectivity index (χ0) is 33.3. The fourth-order valence-corrected chi connectivity index (χ4v) is 7.11. The molecule has 3 fully saturated rings. The van der Waals surface area contributed by atoms with Crippen molar-refractivity contribution in [2.75, 3.05) is 58.2 Å². The summed E-state index contributed by atoms with van der Waals surface area (Å²) in [4.78, 5) is 30.0. The summed E-state index contributed by atoms with van der Waals surface area (Å²) in [5, 5.41) is 10.2. The van der Waals surface area contributed by atoms with Crippen molar-refractivity contribution in [3.63, 3.8) is 0 Å². The Morgan fingerprint density at radius 1 is 1.04 bits per heavy atom. The van der Waals surface area contributed by atoms with Gasteiger partial charge in [0.2, 0.25) is 0 Å². The van der Waals surface area contributed by atoms with Gasteiger partial charge in [-0.3, -0.25) is 19.0 Å². The predicted molar refractivity (Wildman–Crippen MR) is 183 cm³/mol. The van der Waals surface area contributed by atoms with E-state index in [0.29, 0.717) is 24.9 Å². The number of nitriles is 1. The number of hydrogen-bond donors (Lipinski definition) is 1. The molecule has 11 heteroatoms. The number of nitrogens with zero attached hydrogens (tertiary/aromatic N) is 7. The Kier molecular flexibility index (Phi) is 8.88. The zero-order valence-electron chi connectivity index (χ0n) is 27.6. The molecule has 1 amide bonds. The number of hydrogen-bond acceptors (Lipinski definition) is 9. The molecule has 7 rings (SSSR count). The lowest BCUT2D eigenvalue weighted by molar-refractivity contribution is -0.128. The second kappa shape index (κ2) is 13.4. The van der Waals surface area contributed by atoms with Gasteiger partial charge in [-0.2, -0.15) is 5.26 Å². The summed E-state index contributed by atoms with van der Waals surface area (Å²) >= 11 is 0. The number of carbonyl (C=O) groups is 1. The van der Waals surface area contributed by atoms with Gasteiger partial charge in [0.1, 0.15) is 46.0 Å². The Morgan fingerprint density at radius 3 is 2.46 bits per heavy atom. The third-order valence-electron chi connectivity index (χ3n) is 9.91. The summed E-state index contributed by atoms with van der Waals surface area (Å²) < 4.78 is 13.4. The number of ether oxygens (including phenoxy) is 2. The van der Waals surface area contributed by atoms with E-state index in [1.807, 2.05) is 76.2 Å². The van der Waals surface area contributed by atoms with Crippen LogP contribution in [0.15, 0.2) is 78.6 Å². The quantitative estimate of drug-likeness (QED) is 0.214. The maximum atomic E-state index is 13.9. The average Bonchev–Trinajstić information content (AvgIpc) is 3.48. The van der Waals surface area contributed by atoms with Crippen LogP contribution in [0.1, 0.15) is 38.4 Å². The summed E-state index contributed by atoms with van der Waals surface area (Å²) in [6, 6.07) is 20.2. The van der Waals surface area contributed by atoms with Crippen LogP contribution in [0, 0.1) is 11.3 Å². The van der Waals surface area contributed by atoms with Gasteiger partial charge in [-0.15, -0.1) is 0 Å². The van der Waals surface area contributed by atoms with Gasteiger partial charge in [-0.1, -0.05) is 18.2 Å². The molecular formula is C37H42N8O3. The third kappa shape index (κ3) is 6.39. The van der Waals surface area contributed by atoms with Crippen LogP contribution in [0.2, 0.25) is 0 Å². The lowest BCUT2D eigenvalue weighted by atomic mass is 9.94. The number of carbonyl (C=O) groups excluding carboxylic acids is 1. The lowest BCUT2D eigenvalue weighted by Crippen LogP contribution is -2.59. The molecule has 11 nitrogen and oxygen atoms in total. The van der Waals surface area contributed by atoms with Gasteiger partial charge in [0.05, 0.1) is 19.3 Å². The number of benzene rings is 2. The first-order chi connectivity index (χ1) is 23.3. The Bertz CT molecular complexity index is 1830. The minimum Gasteiger partial charge on any atom is -0.457 e. The van der Waals surface area contributed by atoms with Crippen molar-refractivity contribution < 1.29 is 14.3 Å². The van der Waals surface area contributed by atoms with E-state index >= 15 is 0 Å². The van der Waals surface area contributed by atoms with E-state index in [2.05, 4.69) is 34.7 Å². The molecular weight excluding hydrogens is 604 g/mol. The maximum absolute atomic E-state index is 13.9. The number of rotatable bonds is 8. The molecule has 2 N–H and O–H groups in total. The number of piperazine rings is 1. The topological polar surface area (TPSA) is 125 Å². The van der Waals surface area contributed by atoms with Crippen molar-refractivity contribution in [3.05, 3.63) is 84.5 Å². The molecule has 48 heavy (non-hydrogen) atoms. The van der Waals surface area contributed by atoms with Gasteiger partial charge in [-0.25, -0.2) is 9.97 Å². The number of likely N-dealkylation sites (tertiary alicyclic amines) is 1. The molecule has 0 aliphatic carbocycles. The number of aromatic nitrogens is 3. The van der Waals surface area contributed by atoms with Gasteiger partial charge >= 0.3 is 0 Å². The average molecular weight is 647 g/mol. The molecule has 0 radical (unpaired) electrons. The van der Waals surface area contributed by atoms with E-state index in [0.717, 1.165) is 86.3 Å². The Balaban J connectivity index is 1.09. The molecule has 0 spiro atoms. The molecule has 2 aromatic heterocycles. The third-order valence-corrected chi connectivity index (χ3v) is 9.91. The summed E-state index contributed by atoms with van der Waals surface area (Å²) in [5.74, 6) is 2.43. The first-order valence-electron chi connectivity index (χ1n) is 16.8. The number of anilines is 1. The van der Waals surface area contributed by atoms with Crippen LogP contribution in [0.5, 0.6) is 11.5 Å². The highest BCUT2D eigenvalue weighted by molar-refractivity contribution is 5.97. The standard InChI is InChI=1S/C37H42N8O3/c1-37(2,44-19-17-42(18-20-44)29-24-47-25-29)21-28(22-38)36(46)43-15-6-7-27(23-43)35-41-32(33-34(39)40-14-16-45(33)35)26-10-12-31(13-11-26)48-30-8-4-3-5-9-30/h3-5,8-14,16,21,27,29H,6-7,15,17-20,23-25H2,1-2H3,(H2,39,40)/t27-/m1/s1. The van der Waals surface area contributed by atoms with Gasteiger partial charge in [0.25, 0.3) is 5.91 Å². The number of piperidine rings is 1. The summed E-state index contributed by atoms with van der Waals surface area (Å²) in [7, 11) is 0. The molecule has 3 aliphatic rings. The molecule has 4 aromatic rings. The van der Waals surface area contributed by atoms with Crippen LogP contribution in [-0.4, -0.2) is 99.0 Å². The minimum atomic E-state index is -0.432. The van der Waals surface area contributed by atoms with Crippen molar-refractivity contribution in [2.45, 2.75) is 44.2 Å². The van der Waals surface area contributed by atoms with Gasteiger partial charge < -0.3 is 20.1 Å². The highest BCUT2D eigenvalue weighted by atomic mass is 16.5. The van der Waals surface area contributed by atoms with Crippen LogP contribution >= 0.6 is 0 Å². The zero-order valence-corrected chi connectivity index (χ0v) is 27.6. The van der Waals surface area contributed by atoms with Gasteiger partial charge in [0, 0.05) is 68.7 Å². The molecule has 3 aliphatic heterocycles. The van der Waals surface area contributed by atoms with Crippen LogP contribution < -0.4 is 10.5 Å². The van der Waals surface area contributed by atoms with Crippen molar-refractivity contribution in [3.8, 4) is 28.8 Å². The molecule has 3 saturated heterocycles. The number of fused-ring (bicyclic) bond motifs is 1. The van der Waals surface area contributed by atoms with Crippen molar-refractivity contribution >= 4 is 17.2 Å². The minimum absolute atomic E-state index is 0.0389. The van der Waals surface area contributed by atoms with E-state index in [-0.39, 0.29) is 17.4 Å². The molecule has 5 heterocycles. The van der Waals surface area contributed by atoms with Crippen LogP contribution in [0.3, 0.4) is 0 Å². The number of nitrogen functional groups attached to an aromatic ring is 1. The van der Waals surface area contributed by atoms with E-state index in [4.69, 9.17) is 20.2 Å².